The zero-order valence-electron chi connectivity index (χ0n) is 12.4. The standard InChI is InChI=1S/C15H21N3O2/c1-5-16-11(3)13-7-6-10(2)8-14(13)19-9-15-17-12(4)18-20-15/h6-8,11,16H,5,9H2,1-4H3. The second kappa shape index (κ2) is 6.52. The number of nitrogens with one attached hydrogen (secondary N) is 1. The van der Waals surface area contributed by atoms with E-state index in [0.29, 0.717) is 11.7 Å². The van der Waals surface area contributed by atoms with Crippen LogP contribution in [0, 0.1) is 13.8 Å². The molecule has 0 aliphatic carbocycles. The molecule has 1 aromatic heterocycles. The van der Waals surface area contributed by atoms with Gasteiger partial charge in [0.1, 0.15) is 5.75 Å². The summed E-state index contributed by atoms with van der Waals surface area (Å²) in [6.07, 6.45) is 0. The van der Waals surface area contributed by atoms with Gasteiger partial charge in [-0.25, -0.2) is 0 Å². The summed E-state index contributed by atoms with van der Waals surface area (Å²) < 4.78 is 10.9. The van der Waals surface area contributed by atoms with Crippen molar-refractivity contribution in [1.82, 2.24) is 15.5 Å². The largest absolute Gasteiger partial charge is 0.483 e. The molecule has 1 atom stereocenters. The second-order valence-electron chi connectivity index (χ2n) is 4.84. The van der Waals surface area contributed by atoms with Gasteiger partial charge >= 0.3 is 0 Å². The van der Waals surface area contributed by atoms with Crippen molar-refractivity contribution in [2.24, 2.45) is 0 Å². The molecule has 1 unspecified atom stereocenters. The minimum atomic E-state index is 0.236. The number of hydrogen-bond donors (Lipinski definition) is 1. The number of rotatable bonds is 6. The van der Waals surface area contributed by atoms with Crippen LogP contribution >= 0.6 is 0 Å². The maximum atomic E-state index is 5.85. The fourth-order valence-electron chi connectivity index (χ4n) is 2.08. The number of aryl methyl sites for hydroxylation is 2. The molecule has 108 valence electrons. The zero-order valence-corrected chi connectivity index (χ0v) is 12.4. The first-order valence-electron chi connectivity index (χ1n) is 6.86. The molecule has 0 saturated carbocycles. The Morgan fingerprint density at radius 1 is 1.35 bits per heavy atom. The molecule has 0 radical (unpaired) electrons. The Morgan fingerprint density at radius 2 is 2.15 bits per heavy atom. The lowest BCUT2D eigenvalue weighted by atomic mass is 10.0. The summed E-state index contributed by atoms with van der Waals surface area (Å²) >= 11 is 0. The molecule has 0 aliphatic rings. The first-order chi connectivity index (χ1) is 9.60. The Kier molecular flexibility index (Phi) is 4.74. The summed E-state index contributed by atoms with van der Waals surface area (Å²) in [5, 5.41) is 7.15. The molecule has 0 fully saturated rings. The fraction of sp³-hybridized carbons (Fsp3) is 0.467. The molecule has 2 rings (SSSR count). The Hall–Kier alpha value is -1.88. The van der Waals surface area contributed by atoms with E-state index in [-0.39, 0.29) is 12.6 Å². The molecular weight excluding hydrogens is 254 g/mol. The summed E-state index contributed by atoms with van der Waals surface area (Å²) in [5.74, 6) is 1.97. The smallest absolute Gasteiger partial charge is 0.264 e. The van der Waals surface area contributed by atoms with Crippen molar-refractivity contribution in [3.63, 3.8) is 0 Å². The van der Waals surface area contributed by atoms with Crippen molar-refractivity contribution in [3.05, 3.63) is 41.0 Å². The van der Waals surface area contributed by atoms with E-state index in [9.17, 15) is 0 Å². The van der Waals surface area contributed by atoms with Gasteiger partial charge in [0.15, 0.2) is 12.4 Å². The van der Waals surface area contributed by atoms with E-state index in [2.05, 4.69) is 41.4 Å². The van der Waals surface area contributed by atoms with Crippen LogP contribution in [0.4, 0.5) is 0 Å². The molecule has 0 aliphatic heterocycles. The Bertz CT molecular complexity index is 566. The van der Waals surface area contributed by atoms with Gasteiger partial charge in [-0.15, -0.1) is 0 Å². The van der Waals surface area contributed by atoms with E-state index in [1.807, 2.05) is 13.0 Å². The van der Waals surface area contributed by atoms with Crippen LogP contribution in [-0.4, -0.2) is 16.7 Å². The van der Waals surface area contributed by atoms with E-state index in [4.69, 9.17) is 9.26 Å². The van der Waals surface area contributed by atoms with Gasteiger partial charge in [0.2, 0.25) is 0 Å². The number of ether oxygens (including phenoxy) is 1. The van der Waals surface area contributed by atoms with Crippen molar-refractivity contribution < 1.29 is 9.26 Å². The molecule has 20 heavy (non-hydrogen) atoms. The van der Waals surface area contributed by atoms with Gasteiger partial charge in [-0.3, -0.25) is 0 Å². The highest BCUT2D eigenvalue weighted by molar-refractivity contribution is 5.39. The molecular formula is C15H21N3O2. The molecule has 0 saturated heterocycles. The first-order valence-corrected chi connectivity index (χ1v) is 6.86. The lowest BCUT2D eigenvalue weighted by molar-refractivity contribution is 0.239. The predicted octanol–water partition coefficient (Wildman–Crippen LogP) is 2.94. The summed E-state index contributed by atoms with van der Waals surface area (Å²) in [6.45, 7) is 9.25. The van der Waals surface area contributed by atoms with Gasteiger partial charge < -0.3 is 14.6 Å². The van der Waals surface area contributed by atoms with Crippen molar-refractivity contribution in [2.45, 2.75) is 40.3 Å². The summed E-state index contributed by atoms with van der Waals surface area (Å²) in [7, 11) is 0. The third-order valence-electron chi connectivity index (χ3n) is 3.07. The van der Waals surface area contributed by atoms with Gasteiger partial charge in [0.05, 0.1) is 0 Å². The van der Waals surface area contributed by atoms with E-state index in [1.165, 1.54) is 0 Å². The van der Waals surface area contributed by atoms with Crippen LogP contribution in [0.15, 0.2) is 22.7 Å². The van der Waals surface area contributed by atoms with Crippen LogP contribution < -0.4 is 10.1 Å². The lowest BCUT2D eigenvalue weighted by Gasteiger charge is -2.17. The van der Waals surface area contributed by atoms with Crippen molar-refractivity contribution in [1.29, 1.82) is 0 Å². The molecule has 0 amide bonds. The Morgan fingerprint density at radius 3 is 2.80 bits per heavy atom. The minimum absolute atomic E-state index is 0.236. The highest BCUT2D eigenvalue weighted by Crippen LogP contribution is 2.27. The van der Waals surface area contributed by atoms with E-state index >= 15 is 0 Å². The molecule has 5 nitrogen and oxygen atoms in total. The maximum absolute atomic E-state index is 5.85. The Balaban J connectivity index is 2.14. The molecule has 0 bridgehead atoms. The molecule has 1 aromatic carbocycles. The first kappa shape index (κ1) is 14.5. The quantitative estimate of drug-likeness (QED) is 0.878. The summed E-state index contributed by atoms with van der Waals surface area (Å²) in [4.78, 5) is 4.14. The van der Waals surface area contributed by atoms with E-state index in [0.717, 1.165) is 23.4 Å². The second-order valence-corrected chi connectivity index (χ2v) is 4.84. The highest BCUT2D eigenvalue weighted by atomic mass is 16.5. The monoisotopic (exact) mass is 275 g/mol. The number of aromatic nitrogens is 2. The van der Waals surface area contributed by atoms with Gasteiger partial charge in [0, 0.05) is 11.6 Å². The number of hydrogen-bond acceptors (Lipinski definition) is 5. The van der Waals surface area contributed by atoms with Gasteiger partial charge in [-0.05, 0) is 38.9 Å². The Labute approximate surface area is 119 Å². The molecule has 1 N–H and O–H groups in total. The van der Waals surface area contributed by atoms with Crippen LogP contribution in [-0.2, 0) is 6.61 Å². The van der Waals surface area contributed by atoms with Gasteiger partial charge in [0.25, 0.3) is 5.89 Å². The molecule has 2 aromatic rings. The molecule has 5 heteroatoms. The fourth-order valence-corrected chi connectivity index (χ4v) is 2.08. The van der Waals surface area contributed by atoms with Crippen molar-refractivity contribution in [2.75, 3.05) is 6.54 Å². The molecule has 0 spiro atoms. The van der Waals surface area contributed by atoms with Crippen LogP contribution in [0.1, 0.15) is 42.7 Å². The predicted molar refractivity (Wildman–Crippen MR) is 76.6 cm³/mol. The van der Waals surface area contributed by atoms with E-state index < -0.39 is 0 Å². The lowest BCUT2D eigenvalue weighted by Crippen LogP contribution is -2.18. The topological polar surface area (TPSA) is 60.2 Å². The van der Waals surface area contributed by atoms with Crippen LogP contribution in [0.5, 0.6) is 5.75 Å². The summed E-state index contributed by atoms with van der Waals surface area (Å²) in [6, 6.07) is 6.45. The SMILES string of the molecule is CCNC(C)c1ccc(C)cc1OCc1nc(C)no1. The van der Waals surface area contributed by atoms with Gasteiger partial charge in [-0.1, -0.05) is 24.2 Å². The van der Waals surface area contributed by atoms with Crippen LogP contribution in [0.25, 0.3) is 0 Å². The third kappa shape index (κ3) is 3.57. The van der Waals surface area contributed by atoms with Crippen molar-refractivity contribution >= 4 is 0 Å². The maximum Gasteiger partial charge on any atom is 0.264 e. The average Bonchev–Trinajstić information content (AvgIpc) is 2.82. The van der Waals surface area contributed by atoms with Crippen molar-refractivity contribution in [3.8, 4) is 5.75 Å². The van der Waals surface area contributed by atoms with Gasteiger partial charge in [-0.2, -0.15) is 4.98 Å². The highest BCUT2D eigenvalue weighted by Gasteiger charge is 2.12. The third-order valence-corrected chi connectivity index (χ3v) is 3.07. The number of nitrogens with zero attached hydrogens (tertiary/aromatic N) is 2. The van der Waals surface area contributed by atoms with E-state index in [1.54, 1.807) is 6.92 Å². The minimum Gasteiger partial charge on any atom is -0.483 e. The normalized spacial score (nSPS) is 12.4. The molecule has 1 heterocycles. The van der Waals surface area contributed by atoms with Crippen LogP contribution in [0.3, 0.4) is 0 Å². The zero-order chi connectivity index (χ0) is 14.5. The van der Waals surface area contributed by atoms with Crippen LogP contribution in [0.2, 0.25) is 0 Å². The summed E-state index contributed by atoms with van der Waals surface area (Å²) in [5.41, 5.74) is 2.29. The number of benzene rings is 1. The average molecular weight is 275 g/mol.